The number of amides is 1. The fraction of sp³-hybridized carbons (Fsp3) is 0.696. The molecule has 1 aliphatic heterocycles. The maximum absolute atomic E-state index is 12.4. The Morgan fingerprint density at radius 3 is 2.35 bits per heavy atom. The molecule has 1 aliphatic rings. The van der Waals surface area contributed by atoms with E-state index in [2.05, 4.69) is 22.9 Å². The summed E-state index contributed by atoms with van der Waals surface area (Å²) in [6.07, 6.45) is 0.372. The van der Waals surface area contributed by atoms with E-state index in [1.807, 2.05) is 53.6 Å². The summed E-state index contributed by atoms with van der Waals surface area (Å²) in [7, 11) is 3.97. The second kappa shape index (κ2) is 10.2. The minimum absolute atomic E-state index is 0.0988. The van der Waals surface area contributed by atoms with Crippen molar-refractivity contribution in [3.8, 4) is 11.9 Å². The fourth-order valence-corrected chi connectivity index (χ4v) is 3.84. The quantitative estimate of drug-likeness (QED) is 0.684. The SMILES string of the molecule is CCc1c(C)nc(OC(C)CN(C)C)c(C#N)c1N1CCN(C(=O)OC(C)(C)C)CC1. The number of nitrogens with zero attached hydrogens (tertiary/aromatic N) is 5. The number of carbonyl (C=O) groups is 1. The zero-order valence-corrected chi connectivity index (χ0v) is 20.3. The first-order valence-electron chi connectivity index (χ1n) is 10.9. The molecule has 8 nitrogen and oxygen atoms in total. The lowest BCUT2D eigenvalue weighted by Crippen LogP contribution is -2.50. The van der Waals surface area contributed by atoms with Crippen LogP contribution in [0.5, 0.6) is 5.88 Å². The van der Waals surface area contributed by atoms with Gasteiger partial charge in [-0.15, -0.1) is 0 Å². The number of anilines is 1. The molecule has 1 aromatic rings. The highest BCUT2D eigenvalue weighted by Gasteiger charge is 2.30. The van der Waals surface area contributed by atoms with E-state index in [1.54, 1.807) is 4.90 Å². The van der Waals surface area contributed by atoms with Crippen molar-refractivity contribution in [3.63, 3.8) is 0 Å². The highest BCUT2D eigenvalue weighted by molar-refractivity contribution is 5.71. The summed E-state index contributed by atoms with van der Waals surface area (Å²) in [6.45, 7) is 14.7. The number of likely N-dealkylation sites (N-methyl/N-ethyl adjacent to an activating group) is 1. The number of aryl methyl sites for hydroxylation is 1. The van der Waals surface area contributed by atoms with Gasteiger partial charge in [-0.05, 0) is 60.7 Å². The van der Waals surface area contributed by atoms with Crippen LogP contribution in [0.25, 0.3) is 0 Å². The van der Waals surface area contributed by atoms with Crippen molar-refractivity contribution in [3.05, 3.63) is 16.8 Å². The first-order valence-corrected chi connectivity index (χ1v) is 10.9. The maximum atomic E-state index is 12.4. The van der Waals surface area contributed by atoms with Crippen molar-refractivity contribution < 1.29 is 14.3 Å². The third kappa shape index (κ3) is 6.47. The number of nitriles is 1. The van der Waals surface area contributed by atoms with E-state index in [-0.39, 0.29) is 12.2 Å². The normalized spacial score (nSPS) is 15.6. The summed E-state index contributed by atoms with van der Waals surface area (Å²) in [4.78, 5) is 23.0. The maximum Gasteiger partial charge on any atom is 0.410 e. The monoisotopic (exact) mass is 431 g/mol. The Hall–Kier alpha value is -2.53. The zero-order chi connectivity index (χ0) is 23.3. The lowest BCUT2D eigenvalue weighted by Gasteiger charge is -2.38. The predicted octanol–water partition coefficient (Wildman–Crippen LogP) is 3.21. The van der Waals surface area contributed by atoms with Gasteiger partial charge in [0.2, 0.25) is 5.88 Å². The van der Waals surface area contributed by atoms with E-state index in [0.29, 0.717) is 37.6 Å². The van der Waals surface area contributed by atoms with Gasteiger partial charge in [-0.3, -0.25) is 0 Å². The number of aromatic nitrogens is 1. The number of piperazine rings is 1. The molecule has 0 spiro atoms. The Morgan fingerprint density at radius 1 is 1.26 bits per heavy atom. The molecule has 0 N–H and O–H groups in total. The molecule has 172 valence electrons. The van der Waals surface area contributed by atoms with Gasteiger partial charge in [0.1, 0.15) is 23.3 Å². The molecule has 1 saturated heterocycles. The van der Waals surface area contributed by atoms with Crippen LogP contribution in [0.2, 0.25) is 0 Å². The van der Waals surface area contributed by atoms with E-state index in [1.165, 1.54) is 0 Å². The van der Waals surface area contributed by atoms with E-state index in [0.717, 1.165) is 29.9 Å². The van der Waals surface area contributed by atoms with Gasteiger partial charge in [0.25, 0.3) is 0 Å². The molecule has 1 amide bonds. The molecule has 2 heterocycles. The third-order valence-electron chi connectivity index (χ3n) is 5.09. The first-order chi connectivity index (χ1) is 14.5. The summed E-state index contributed by atoms with van der Waals surface area (Å²) in [5.41, 5.74) is 2.76. The Bertz CT molecular complexity index is 818. The van der Waals surface area contributed by atoms with E-state index >= 15 is 0 Å². The lowest BCUT2D eigenvalue weighted by molar-refractivity contribution is 0.0240. The van der Waals surface area contributed by atoms with Crippen LogP contribution in [0.1, 0.15) is 51.4 Å². The number of hydrogen-bond donors (Lipinski definition) is 0. The molecule has 0 aromatic carbocycles. The van der Waals surface area contributed by atoms with Gasteiger partial charge >= 0.3 is 6.09 Å². The summed E-state index contributed by atoms with van der Waals surface area (Å²) < 4.78 is 11.6. The number of pyridine rings is 1. The largest absolute Gasteiger partial charge is 0.472 e. The van der Waals surface area contributed by atoms with E-state index < -0.39 is 5.60 Å². The Labute approximate surface area is 186 Å². The van der Waals surface area contributed by atoms with Crippen molar-refractivity contribution in [2.24, 2.45) is 0 Å². The van der Waals surface area contributed by atoms with E-state index in [4.69, 9.17) is 9.47 Å². The van der Waals surface area contributed by atoms with Crippen LogP contribution in [0.3, 0.4) is 0 Å². The highest BCUT2D eigenvalue weighted by atomic mass is 16.6. The average Bonchev–Trinajstić information content (AvgIpc) is 2.65. The summed E-state index contributed by atoms with van der Waals surface area (Å²) >= 11 is 0. The van der Waals surface area contributed by atoms with Gasteiger partial charge in [-0.2, -0.15) is 5.26 Å². The number of carbonyl (C=O) groups excluding carboxylic acids is 1. The summed E-state index contributed by atoms with van der Waals surface area (Å²) in [5, 5.41) is 10.0. The second-order valence-electron chi connectivity index (χ2n) is 9.32. The van der Waals surface area contributed by atoms with Gasteiger partial charge < -0.3 is 24.2 Å². The lowest BCUT2D eigenvalue weighted by atomic mass is 10.0. The molecule has 1 aromatic heterocycles. The van der Waals surface area contributed by atoms with Crippen molar-refractivity contribution in [2.75, 3.05) is 51.7 Å². The molecule has 31 heavy (non-hydrogen) atoms. The van der Waals surface area contributed by atoms with Crippen LogP contribution in [0.4, 0.5) is 10.5 Å². The number of rotatable bonds is 6. The molecule has 0 bridgehead atoms. The predicted molar refractivity (Wildman–Crippen MR) is 122 cm³/mol. The van der Waals surface area contributed by atoms with Gasteiger partial charge in [-0.1, -0.05) is 6.92 Å². The number of hydrogen-bond acceptors (Lipinski definition) is 7. The zero-order valence-electron chi connectivity index (χ0n) is 20.3. The summed E-state index contributed by atoms with van der Waals surface area (Å²) in [5.74, 6) is 0.385. The van der Waals surface area contributed by atoms with Crippen molar-refractivity contribution >= 4 is 11.8 Å². The smallest absolute Gasteiger partial charge is 0.410 e. The molecule has 8 heteroatoms. The first kappa shape index (κ1) is 24.7. The topological polar surface area (TPSA) is 81.9 Å². The second-order valence-corrected chi connectivity index (χ2v) is 9.32. The van der Waals surface area contributed by atoms with Gasteiger partial charge in [0.05, 0.1) is 5.69 Å². The molecule has 2 rings (SSSR count). The van der Waals surface area contributed by atoms with Crippen LogP contribution < -0.4 is 9.64 Å². The standard InChI is InChI=1S/C23H37N5O3/c1-9-18-17(3)25-21(30-16(2)15-26(7)8)19(14-24)20(18)27-10-12-28(13-11-27)22(29)31-23(4,5)6/h16H,9-13,15H2,1-8H3. The average molecular weight is 432 g/mol. The Morgan fingerprint density at radius 2 is 1.87 bits per heavy atom. The highest BCUT2D eigenvalue weighted by Crippen LogP contribution is 2.34. The van der Waals surface area contributed by atoms with Gasteiger partial charge in [0, 0.05) is 38.4 Å². The van der Waals surface area contributed by atoms with Crippen LogP contribution in [0, 0.1) is 18.3 Å². The number of ether oxygens (including phenoxy) is 2. The van der Waals surface area contributed by atoms with Crippen LogP contribution in [-0.4, -0.2) is 79.4 Å². The molecular formula is C23H37N5O3. The molecule has 0 saturated carbocycles. The Kier molecular flexibility index (Phi) is 8.13. The molecular weight excluding hydrogens is 394 g/mol. The summed E-state index contributed by atoms with van der Waals surface area (Å²) in [6, 6.07) is 2.34. The molecule has 0 aliphatic carbocycles. The van der Waals surface area contributed by atoms with Crippen LogP contribution in [-0.2, 0) is 11.2 Å². The van der Waals surface area contributed by atoms with Crippen LogP contribution in [0.15, 0.2) is 0 Å². The minimum atomic E-state index is -0.519. The minimum Gasteiger partial charge on any atom is -0.472 e. The van der Waals surface area contributed by atoms with Gasteiger partial charge in [-0.25, -0.2) is 9.78 Å². The molecule has 1 atom stereocenters. The van der Waals surface area contributed by atoms with Crippen molar-refractivity contribution in [1.82, 2.24) is 14.8 Å². The van der Waals surface area contributed by atoms with Crippen LogP contribution >= 0.6 is 0 Å². The fourth-order valence-electron chi connectivity index (χ4n) is 3.84. The van der Waals surface area contributed by atoms with Crippen molar-refractivity contribution in [2.45, 2.75) is 59.7 Å². The van der Waals surface area contributed by atoms with Gasteiger partial charge in [0.15, 0.2) is 0 Å². The molecule has 0 radical (unpaired) electrons. The Balaban J connectivity index is 2.29. The van der Waals surface area contributed by atoms with E-state index in [9.17, 15) is 10.1 Å². The van der Waals surface area contributed by atoms with Crippen molar-refractivity contribution in [1.29, 1.82) is 5.26 Å². The molecule has 1 fully saturated rings. The molecule has 1 unspecified atom stereocenters. The third-order valence-corrected chi connectivity index (χ3v) is 5.09.